The van der Waals surface area contributed by atoms with Crippen LogP contribution in [0.2, 0.25) is 0 Å². The molecule has 3 aromatic rings. The Bertz CT molecular complexity index is 1410. The lowest BCUT2D eigenvalue weighted by Gasteiger charge is -2.23. The van der Waals surface area contributed by atoms with Crippen molar-refractivity contribution in [3.63, 3.8) is 0 Å². The highest BCUT2D eigenvalue weighted by atomic mass is 16.5. The normalized spacial score (nSPS) is 15.0. The third-order valence-electron chi connectivity index (χ3n) is 7.08. The number of nitrogens with one attached hydrogen (secondary N) is 4. The van der Waals surface area contributed by atoms with Gasteiger partial charge in [0, 0.05) is 30.1 Å². The monoisotopic (exact) mass is 527 g/mol. The molecule has 1 aromatic heterocycles. The predicted octanol–water partition coefficient (Wildman–Crippen LogP) is 5.18. The summed E-state index contributed by atoms with van der Waals surface area (Å²) in [5.41, 5.74) is 18.7. The summed E-state index contributed by atoms with van der Waals surface area (Å²) in [7, 11) is 1.55. The minimum atomic E-state index is -0.255. The molecule has 1 saturated carbocycles. The van der Waals surface area contributed by atoms with Crippen LogP contribution < -0.4 is 37.1 Å². The fourth-order valence-corrected chi connectivity index (χ4v) is 4.43. The number of hydrazine groups is 2. The van der Waals surface area contributed by atoms with Gasteiger partial charge in [-0.25, -0.2) is 4.98 Å². The van der Waals surface area contributed by atoms with Gasteiger partial charge in [-0.3, -0.25) is 9.80 Å². The zero-order valence-electron chi connectivity index (χ0n) is 23.2. The van der Waals surface area contributed by atoms with Gasteiger partial charge in [0.25, 0.3) is 5.91 Å². The molecule has 39 heavy (non-hydrogen) atoms. The van der Waals surface area contributed by atoms with Crippen LogP contribution >= 0.6 is 0 Å². The molecule has 1 fully saturated rings. The van der Waals surface area contributed by atoms with E-state index in [0.717, 1.165) is 46.4 Å². The Morgan fingerprint density at radius 1 is 1.18 bits per heavy atom. The van der Waals surface area contributed by atoms with Crippen molar-refractivity contribution in [1.29, 1.82) is 0 Å². The van der Waals surface area contributed by atoms with Gasteiger partial charge in [0.1, 0.15) is 5.82 Å². The molecule has 1 amide bonds. The van der Waals surface area contributed by atoms with Gasteiger partial charge in [0.2, 0.25) is 0 Å². The second-order valence-corrected chi connectivity index (χ2v) is 11.3. The lowest BCUT2D eigenvalue weighted by molar-refractivity contribution is 0.102. The average Bonchev–Trinajstić information content (AvgIpc) is 3.61. The molecule has 204 valence electrons. The van der Waals surface area contributed by atoms with Gasteiger partial charge in [-0.15, -0.1) is 5.53 Å². The van der Waals surface area contributed by atoms with E-state index in [1.807, 2.05) is 66.8 Å². The zero-order chi connectivity index (χ0) is 27.7. The Morgan fingerprint density at radius 2 is 1.97 bits per heavy atom. The van der Waals surface area contributed by atoms with Gasteiger partial charge in [0.15, 0.2) is 5.75 Å². The van der Waals surface area contributed by atoms with Crippen LogP contribution in [0.4, 0.5) is 22.9 Å². The third kappa shape index (κ3) is 5.93. The number of pyridine rings is 1. The predicted molar refractivity (Wildman–Crippen MR) is 157 cm³/mol. The highest BCUT2D eigenvalue weighted by molar-refractivity contribution is 6.06. The summed E-state index contributed by atoms with van der Waals surface area (Å²) in [5.74, 6) is 1.87. The Morgan fingerprint density at radius 3 is 2.64 bits per heavy atom. The van der Waals surface area contributed by atoms with E-state index in [2.05, 4.69) is 47.3 Å². The van der Waals surface area contributed by atoms with Crippen molar-refractivity contribution in [3.8, 4) is 5.75 Å². The van der Waals surface area contributed by atoms with Crippen molar-refractivity contribution in [3.05, 3.63) is 77.1 Å². The number of carbonyl (C=O) groups excluding carboxylic acids is 1. The Balaban J connectivity index is 1.34. The lowest BCUT2D eigenvalue weighted by Crippen LogP contribution is -2.36. The number of amides is 1. The van der Waals surface area contributed by atoms with Gasteiger partial charge in [-0.2, -0.15) is 0 Å². The molecule has 6 N–H and O–H groups in total. The highest BCUT2D eigenvalue weighted by Crippen LogP contribution is 2.37. The number of nitrogens with zero attached hydrogens (tertiary/aromatic N) is 2. The van der Waals surface area contributed by atoms with Crippen molar-refractivity contribution >= 4 is 34.5 Å². The van der Waals surface area contributed by atoms with E-state index in [1.54, 1.807) is 7.11 Å². The number of nitrogens with two attached hydrogens (primary N) is 1. The highest BCUT2D eigenvalue weighted by Gasteiger charge is 2.23. The van der Waals surface area contributed by atoms with E-state index in [9.17, 15) is 4.79 Å². The molecule has 0 unspecified atom stereocenters. The summed E-state index contributed by atoms with van der Waals surface area (Å²) >= 11 is 0. The van der Waals surface area contributed by atoms with Crippen molar-refractivity contribution in [2.75, 3.05) is 35.0 Å². The number of benzene rings is 2. The number of rotatable bonds is 8. The summed E-state index contributed by atoms with van der Waals surface area (Å²) in [6.45, 7) is 9.28. The average molecular weight is 528 g/mol. The second kappa shape index (κ2) is 10.5. The molecular weight excluding hydrogens is 490 g/mol. The van der Waals surface area contributed by atoms with Gasteiger partial charge < -0.3 is 26.5 Å². The van der Waals surface area contributed by atoms with E-state index in [1.165, 1.54) is 12.8 Å². The minimum absolute atomic E-state index is 0.141. The largest absolute Gasteiger partial charge is 0.492 e. The van der Waals surface area contributed by atoms with Crippen molar-refractivity contribution in [2.24, 2.45) is 5.92 Å². The van der Waals surface area contributed by atoms with Crippen LogP contribution in [-0.4, -0.2) is 24.5 Å². The molecule has 0 saturated heterocycles. The maximum atomic E-state index is 13.4. The first kappa shape index (κ1) is 26.4. The van der Waals surface area contributed by atoms with Crippen LogP contribution in [-0.2, 0) is 5.41 Å². The first-order valence-corrected chi connectivity index (χ1v) is 13.3. The van der Waals surface area contributed by atoms with E-state index < -0.39 is 0 Å². The fourth-order valence-electron chi connectivity index (χ4n) is 4.43. The maximum Gasteiger partial charge on any atom is 0.255 e. The first-order valence-electron chi connectivity index (χ1n) is 13.3. The standard InChI is InChI=1S/C30H37N7O2/c1-18-6-9-20(29(38)34-24-14-22(30(2,3)4)13-23(31)28(24)39-5)12-26(18)37-17-25(35-36-37)21-10-11-27(33-16-21)32-15-19-7-8-19/h6,9-14,16-17,19,35-36H,7-8,15,31H2,1-5H3,(H,32,33)(H,34,38). The molecule has 0 spiro atoms. The van der Waals surface area contributed by atoms with Crippen LogP contribution in [0.3, 0.4) is 0 Å². The topological polar surface area (TPSA) is 117 Å². The molecule has 2 aromatic carbocycles. The third-order valence-corrected chi connectivity index (χ3v) is 7.08. The number of hydrogen-bond donors (Lipinski definition) is 5. The number of aryl methyl sites for hydroxylation is 1. The van der Waals surface area contributed by atoms with Gasteiger partial charge >= 0.3 is 0 Å². The molecule has 0 atom stereocenters. The quantitative estimate of drug-likeness (QED) is 0.255. The Labute approximate surface area is 229 Å². The molecule has 9 heteroatoms. The molecule has 0 bridgehead atoms. The van der Waals surface area contributed by atoms with Crippen LogP contribution in [0.15, 0.2) is 54.9 Å². The number of methoxy groups -OCH3 is 1. The minimum Gasteiger partial charge on any atom is -0.492 e. The summed E-state index contributed by atoms with van der Waals surface area (Å²) < 4.78 is 5.51. The smallest absolute Gasteiger partial charge is 0.255 e. The Hall–Kier alpha value is -4.24. The number of aromatic nitrogens is 1. The molecule has 2 heterocycles. The molecule has 2 aliphatic rings. The van der Waals surface area contributed by atoms with Crippen LogP contribution in [0, 0.1) is 12.8 Å². The molecular formula is C30H37N7O2. The lowest BCUT2D eigenvalue weighted by atomic mass is 9.86. The van der Waals surface area contributed by atoms with E-state index in [4.69, 9.17) is 10.5 Å². The van der Waals surface area contributed by atoms with E-state index in [0.29, 0.717) is 22.7 Å². The van der Waals surface area contributed by atoms with Gasteiger partial charge in [-0.05, 0) is 78.6 Å². The zero-order valence-corrected chi connectivity index (χ0v) is 23.2. The van der Waals surface area contributed by atoms with Crippen LogP contribution in [0.1, 0.15) is 60.7 Å². The number of nitrogen functional groups attached to an aromatic ring is 1. The number of hydrogen-bond acceptors (Lipinski definition) is 8. The molecule has 1 aliphatic carbocycles. The number of carbonyl (C=O) groups is 1. The summed E-state index contributed by atoms with van der Waals surface area (Å²) in [6.07, 6.45) is 6.41. The second-order valence-electron chi connectivity index (χ2n) is 11.3. The molecule has 1 aliphatic heterocycles. The van der Waals surface area contributed by atoms with Gasteiger partial charge in [0.05, 0.1) is 29.9 Å². The van der Waals surface area contributed by atoms with Crippen LogP contribution in [0.25, 0.3) is 5.70 Å². The van der Waals surface area contributed by atoms with Gasteiger partial charge in [-0.1, -0.05) is 26.8 Å². The van der Waals surface area contributed by atoms with Crippen molar-refractivity contribution in [2.45, 2.75) is 46.0 Å². The van der Waals surface area contributed by atoms with E-state index in [-0.39, 0.29) is 11.3 Å². The summed E-state index contributed by atoms with van der Waals surface area (Å²) in [5, 5.41) is 8.25. The molecule has 5 rings (SSSR count). The van der Waals surface area contributed by atoms with E-state index >= 15 is 0 Å². The summed E-state index contributed by atoms with van der Waals surface area (Å²) in [6, 6.07) is 13.4. The fraction of sp³-hybridized carbons (Fsp3) is 0.333. The summed E-state index contributed by atoms with van der Waals surface area (Å²) in [4.78, 5) is 17.9. The molecule has 0 radical (unpaired) electrons. The van der Waals surface area contributed by atoms with Crippen molar-refractivity contribution in [1.82, 2.24) is 15.9 Å². The maximum absolute atomic E-state index is 13.4. The number of ether oxygens (including phenoxy) is 1. The van der Waals surface area contributed by atoms with Crippen molar-refractivity contribution < 1.29 is 9.53 Å². The van der Waals surface area contributed by atoms with Crippen LogP contribution in [0.5, 0.6) is 5.75 Å². The first-order chi connectivity index (χ1) is 18.6. The number of anilines is 4. The molecule has 9 nitrogen and oxygen atoms in total. The Kier molecular flexibility index (Phi) is 7.10. The SMILES string of the molecule is COc1c(N)cc(C(C)(C)C)cc1NC(=O)c1ccc(C)c(N2C=C(c3ccc(NCC4CC4)nc3)NN2)c1.